The second kappa shape index (κ2) is 8.93. The highest BCUT2D eigenvalue weighted by atomic mass is 35.5. The maximum atomic E-state index is 12.1. The van der Waals surface area contributed by atoms with Gasteiger partial charge in [-0.05, 0) is 17.7 Å². The molecule has 8 heteroatoms. The molecule has 2 N–H and O–H groups in total. The molecule has 3 rings (SSSR count). The van der Waals surface area contributed by atoms with Crippen LogP contribution in [0, 0.1) is 0 Å². The lowest BCUT2D eigenvalue weighted by molar-refractivity contribution is -0.120. The van der Waals surface area contributed by atoms with Crippen molar-refractivity contribution in [1.82, 2.24) is 15.6 Å². The Bertz CT molecular complexity index is 893. The lowest BCUT2D eigenvalue weighted by Gasteiger charge is -2.06. The van der Waals surface area contributed by atoms with Gasteiger partial charge in [0.25, 0.3) is 5.91 Å². The van der Waals surface area contributed by atoms with Crippen molar-refractivity contribution in [3.8, 4) is 9.88 Å². The minimum absolute atomic E-state index is 0.0732. The Balaban J connectivity index is 1.42. The highest BCUT2D eigenvalue weighted by Gasteiger charge is 2.12. The summed E-state index contributed by atoms with van der Waals surface area (Å²) in [5.74, 6) is -0.330. The van der Waals surface area contributed by atoms with Crippen molar-refractivity contribution in [1.29, 1.82) is 0 Å². The Morgan fingerprint density at radius 2 is 1.81 bits per heavy atom. The Labute approximate surface area is 164 Å². The summed E-state index contributed by atoms with van der Waals surface area (Å²) in [6, 6.07) is 13.2. The minimum Gasteiger partial charge on any atom is -0.354 e. The van der Waals surface area contributed by atoms with Crippen molar-refractivity contribution in [3.05, 3.63) is 63.4 Å². The second-order valence-electron chi connectivity index (χ2n) is 5.41. The number of nitrogens with one attached hydrogen (secondary N) is 2. The number of nitrogens with zero attached hydrogens (tertiary/aromatic N) is 1. The molecule has 0 saturated carbocycles. The number of hydrogen-bond donors (Lipinski definition) is 2. The zero-order chi connectivity index (χ0) is 18.4. The van der Waals surface area contributed by atoms with E-state index in [4.69, 9.17) is 11.6 Å². The number of amides is 2. The van der Waals surface area contributed by atoms with Gasteiger partial charge in [-0.15, -0.1) is 22.7 Å². The van der Waals surface area contributed by atoms with E-state index in [1.165, 1.54) is 22.7 Å². The van der Waals surface area contributed by atoms with Crippen molar-refractivity contribution in [3.63, 3.8) is 0 Å². The van der Waals surface area contributed by atoms with Crippen LogP contribution >= 0.6 is 34.3 Å². The van der Waals surface area contributed by atoms with Crippen LogP contribution in [0.4, 0.5) is 0 Å². The van der Waals surface area contributed by atoms with Crippen LogP contribution in [0.2, 0.25) is 4.34 Å². The highest BCUT2D eigenvalue weighted by Crippen LogP contribution is 2.32. The lowest BCUT2D eigenvalue weighted by Crippen LogP contribution is -2.35. The lowest BCUT2D eigenvalue weighted by atomic mass is 10.1. The Kier molecular flexibility index (Phi) is 6.38. The monoisotopic (exact) mass is 405 g/mol. The number of thiophene rings is 1. The molecule has 5 nitrogen and oxygen atoms in total. The number of aromatic nitrogens is 1. The molecule has 3 aromatic rings. The summed E-state index contributed by atoms with van der Waals surface area (Å²) >= 11 is 8.75. The fraction of sp³-hybridized carbons (Fsp3) is 0.167. The first-order valence-corrected chi connectivity index (χ1v) is 9.99. The number of carbonyl (C=O) groups excluding carboxylic acids is 2. The van der Waals surface area contributed by atoms with Crippen molar-refractivity contribution >= 4 is 46.1 Å². The summed E-state index contributed by atoms with van der Waals surface area (Å²) in [4.78, 5) is 29.2. The summed E-state index contributed by atoms with van der Waals surface area (Å²) < 4.78 is 0.687. The SMILES string of the molecule is O=C(Cc1ccccc1)NCCNC(=O)c1csc(-c2ccc(Cl)s2)n1. The van der Waals surface area contributed by atoms with Gasteiger partial charge in [0.05, 0.1) is 15.6 Å². The van der Waals surface area contributed by atoms with Gasteiger partial charge in [0, 0.05) is 18.5 Å². The zero-order valence-electron chi connectivity index (χ0n) is 13.7. The molecule has 2 amide bonds. The van der Waals surface area contributed by atoms with E-state index in [9.17, 15) is 9.59 Å². The molecule has 0 spiro atoms. The van der Waals surface area contributed by atoms with E-state index >= 15 is 0 Å². The molecule has 0 fully saturated rings. The molecule has 0 unspecified atom stereocenters. The van der Waals surface area contributed by atoms with Crippen LogP contribution < -0.4 is 10.6 Å². The van der Waals surface area contributed by atoms with E-state index in [1.54, 1.807) is 11.4 Å². The van der Waals surface area contributed by atoms with Crippen molar-refractivity contribution < 1.29 is 9.59 Å². The third-order valence-corrected chi connectivity index (χ3v) is 5.70. The van der Waals surface area contributed by atoms with Crippen LogP contribution in [0.1, 0.15) is 16.1 Å². The predicted octanol–water partition coefficient (Wildman–Crippen LogP) is 3.61. The second-order valence-corrected chi connectivity index (χ2v) is 7.98. The van der Waals surface area contributed by atoms with Gasteiger partial charge >= 0.3 is 0 Å². The number of hydrogen-bond acceptors (Lipinski definition) is 5. The quantitative estimate of drug-likeness (QED) is 0.590. The van der Waals surface area contributed by atoms with Gasteiger partial charge in [-0.2, -0.15) is 0 Å². The molecular weight excluding hydrogens is 390 g/mol. The molecule has 0 saturated heterocycles. The molecule has 0 aliphatic rings. The predicted molar refractivity (Wildman–Crippen MR) is 106 cm³/mol. The summed E-state index contributed by atoms with van der Waals surface area (Å²) in [6.07, 6.45) is 0.327. The first-order valence-electron chi connectivity index (χ1n) is 7.92. The fourth-order valence-electron chi connectivity index (χ4n) is 2.23. The molecule has 0 aliphatic heterocycles. The topological polar surface area (TPSA) is 71.1 Å². The molecule has 2 aromatic heterocycles. The number of carbonyl (C=O) groups is 2. The standard InChI is InChI=1S/C18H16ClN3O2S2/c19-15-7-6-14(26-15)18-22-13(11-25-18)17(24)21-9-8-20-16(23)10-12-4-2-1-3-5-12/h1-7,11H,8-10H2,(H,20,23)(H,21,24). The molecule has 0 atom stereocenters. The molecule has 2 heterocycles. The first-order chi connectivity index (χ1) is 12.6. The smallest absolute Gasteiger partial charge is 0.270 e. The third kappa shape index (κ3) is 5.14. The Hall–Kier alpha value is -2.22. The molecular formula is C18H16ClN3O2S2. The average Bonchev–Trinajstić information content (AvgIpc) is 3.28. The van der Waals surface area contributed by atoms with Gasteiger partial charge in [-0.3, -0.25) is 9.59 Å². The van der Waals surface area contributed by atoms with Gasteiger partial charge in [-0.1, -0.05) is 41.9 Å². The van der Waals surface area contributed by atoms with Crippen molar-refractivity contribution in [2.45, 2.75) is 6.42 Å². The van der Waals surface area contributed by atoms with Crippen LogP contribution in [0.3, 0.4) is 0 Å². The van der Waals surface area contributed by atoms with Crippen LogP contribution in [-0.4, -0.2) is 29.9 Å². The van der Waals surface area contributed by atoms with Gasteiger partial charge in [-0.25, -0.2) is 4.98 Å². The summed E-state index contributed by atoms with van der Waals surface area (Å²) in [6.45, 7) is 0.714. The molecule has 0 bridgehead atoms. The van der Waals surface area contributed by atoms with Crippen LogP contribution in [-0.2, 0) is 11.2 Å². The summed E-state index contributed by atoms with van der Waals surface area (Å²) in [7, 11) is 0. The van der Waals surface area contributed by atoms with E-state index in [0.717, 1.165) is 15.4 Å². The van der Waals surface area contributed by atoms with E-state index in [2.05, 4.69) is 15.6 Å². The largest absolute Gasteiger partial charge is 0.354 e. The Morgan fingerprint density at radius 3 is 2.54 bits per heavy atom. The molecule has 134 valence electrons. The van der Waals surface area contributed by atoms with Gasteiger partial charge in [0.2, 0.25) is 5.91 Å². The number of thiazole rings is 1. The fourth-order valence-corrected chi connectivity index (χ4v) is 4.15. The van der Waals surface area contributed by atoms with Crippen LogP contribution in [0.25, 0.3) is 9.88 Å². The molecule has 0 aliphatic carbocycles. The van der Waals surface area contributed by atoms with E-state index in [1.807, 2.05) is 36.4 Å². The number of rotatable bonds is 7. The van der Waals surface area contributed by atoms with E-state index in [-0.39, 0.29) is 11.8 Å². The molecule has 1 aromatic carbocycles. The van der Waals surface area contributed by atoms with Gasteiger partial charge in [0.15, 0.2) is 0 Å². The summed E-state index contributed by atoms with van der Waals surface area (Å²) in [5.41, 5.74) is 1.32. The average molecular weight is 406 g/mol. The molecule has 0 radical (unpaired) electrons. The van der Waals surface area contributed by atoms with E-state index < -0.39 is 0 Å². The maximum absolute atomic E-state index is 12.1. The van der Waals surface area contributed by atoms with Gasteiger partial charge < -0.3 is 10.6 Å². The number of halogens is 1. The van der Waals surface area contributed by atoms with Crippen LogP contribution in [0.15, 0.2) is 47.8 Å². The molecule has 26 heavy (non-hydrogen) atoms. The Morgan fingerprint density at radius 1 is 1.04 bits per heavy atom. The third-order valence-electron chi connectivity index (χ3n) is 3.46. The van der Waals surface area contributed by atoms with Crippen molar-refractivity contribution in [2.24, 2.45) is 0 Å². The van der Waals surface area contributed by atoms with Gasteiger partial charge in [0.1, 0.15) is 10.7 Å². The minimum atomic E-state index is -0.257. The van der Waals surface area contributed by atoms with Crippen LogP contribution in [0.5, 0.6) is 0 Å². The van der Waals surface area contributed by atoms with E-state index in [0.29, 0.717) is 29.5 Å². The normalized spacial score (nSPS) is 10.5. The number of benzene rings is 1. The zero-order valence-corrected chi connectivity index (χ0v) is 16.1. The summed E-state index contributed by atoms with van der Waals surface area (Å²) in [5, 5.41) is 8.02. The first kappa shape index (κ1) is 18.6. The highest BCUT2D eigenvalue weighted by molar-refractivity contribution is 7.23. The van der Waals surface area contributed by atoms with Crippen molar-refractivity contribution in [2.75, 3.05) is 13.1 Å². The maximum Gasteiger partial charge on any atom is 0.270 e.